The normalized spacial score (nSPS) is 11.8. The van der Waals surface area contributed by atoms with Gasteiger partial charge >= 0.3 is 0 Å². The van der Waals surface area contributed by atoms with Crippen molar-refractivity contribution < 1.29 is 0 Å². The van der Waals surface area contributed by atoms with Crippen molar-refractivity contribution in [3.8, 4) is 23.7 Å². The summed E-state index contributed by atoms with van der Waals surface area (Å²) in [4.78, 5) is 13.0. The molecule has 3 rings (SSSR count). The molecule has 2 aromatic heterocycles. The van der Waals surface area contributed by atoms with Crippen LogP contribution >= 0.6 is 11.3 Å². The van der Waals surface area contributed by atoms with Crippen LogP contribution in [0.4, 0.5) is 5.13 Å². The van der Waals surface area contributed by atoms with Gasteiger partial charge in [0.2, 0.25) is 0 Å². The van der Waals surface area contributed by atoms with E-state index in [1.165, 1.54) is 5.56 Å². The number of hydrogen-bond acceptors (Lipinski definition) is 8. The van der Waals surface area contributed by atoms with Gasteiger partial charge in [-0.2, -0.15) is 10.5 Å². The fraction of sp³-hybridized carbons (Fsp3) is 0.588. The molecule has 236 valence electrons. The Bertz CT molecular complexity index is 1340. The lowest BCUT2D eigenvalue weighted by Crippen LogP contribution is -2.21. The molecule has 0 amide bonds. The van der Waals surface area contributed by atoms with E-state index in [0.717, 1.165) is 47.2 Å². The molecule has 0 fully saturated rings. The largest absolute Gasteiger partial charge is 0.349 e. The van der Waals surface area contributed by atoms with Crippen LogP contribution < -0.4 is 16.2 Å². The number of nitriles is 2. The summed E-state index contributed by atoms with van der Waals surface area (Å²) >= 11 is 1.67. The van der Waals surface area contributed by atoms with Gasteiger partial charge in [-0.3, -0.25) is 11.3 Å². The fourth-order valence-corrected chi connectivity index (χ4v) is 6.25. The predicted molar refractivity (Wildman–Crippen MR) is 182 cm³/mol. The van der Waals surface area contributed by atoms with Crippen LogP contribution in [0.15, 0.2) is 24.3 Å². The molecule has 1 unspecified atom stereocenters. The van der Waals surface area contributed by atoms with Crippen molar-refractivity contribution in [2.24, 2.45) is 11.3 Å². The number of anilines is 1. The topological polar surface area (TPSA) is 120 Å². The average molecular weight is 607 g/mol. The second kappa shape index (κ2) is 17.2. The summed E-state index contributed by atoms with van der Waals surface area (Å²) in [6, 6.07) is 13.1. The molecule has 0 radical (unpaired) electrons. The smallest absolute Gasteiger partial charge is 0.186 e. The van der Waals surface area contributed by atoms with Gasteiger partial charge in [-0.25, -0.2) is 9.97 Å². The summed E-state index contributed by atoms with van der Waals surface area (Å²) in [6.45, 7) is 26.0. The maximum Gasteiger partial charge on any atom is 0.186 e. The van der Waals surface area contributed by atoms with Crippen molar-refractivity contribution in [2.75, 3.05) is 25.0 Å². The lowest BCUT2D eigenvalue weighted by molar-refractivity contribution is 0.303. The van der Waals surface area contributed by atoms with Gasteiger partial charge in [-0.1, -0.05) is 93.0 Å². The molecule has 3 N–H and O–H groups in total. The highest BCUT2D eigenvalue weighted by Gasteiger charge is 2.30. The summed E-state index contributed by atoms with van der Waals surface area (Å²) in [7, 11) is 1.65. The first-order valence-corrected chi connectivity index (χ1v) is 16.3. The van der Waals surface area contributed by atoms with E-state index >= 15 is 0 Å². The fourth-order valence-electron chi connectivity index (χ4n) is 5.00. The van der Waals surface area contributed by atoms with E-state index in [1.54, 1.807) is 18.4 Å². The van der Waals surface area contributed by atoms with E-state index in [9.17, 15) is 10.5 Å². The van der Waals surface area contributed by atoms with Gasteiger partial charge in [0, 0.05) is 18.0 Å². The number of nitrogens with zero attached hydrogens (tertiary/aromatic N) is 6. The Morgan fingerprint density at radius 2 is 1.53 bits per heavy atom. The highest BCUT2D eigenvalue weighted by Crippen LogP contribution is 2.41. The number of imidazole rings is 1. The molecular formula is C34H54N8S. The third-order valence-corrected chi connectivity index (χ3v) is 8.61. The number of nitrogens with two attached hydrogens (primary N) is 1. The van der Waals surface area contributed by atoms with E-state index in [-0.39, 0.29) is 22.2 Å². The Balaban J connectivity index is 0.00000174. The number of thiazole rings is 1. The minimum Gasteiger partial charge on any atom is -0.349 e. The third-order valence-electron chi connectivity index (χ3n) is 7.07. The minimum absolute atomic E-state index is 0.145. The predicted octanol–water partition coefficient (Wildman–Crippen LogP) is 7.98. The Labute approximate surface area is 264 Å². The summed E-state index contributed by atoms with van der Waals surface area (Å²) in [5.74, 6) is 5.66. The van der Waals surface area contributed by atoms with Crippen molar-refractivity contribution in [3.63, 3.8) is 0 Å². The lowest BCUT2D eigenvalue weighted by Gasteiger charge is -2.31. The standard InChI is InChI=1S/C31H42N6S.C2H6.CH6N2/c1-10-13-23(30(4,5)6)22-16-14-21(15-17-22)20-37-25(19-33)24(18-32)34-28(37)26-27(31(7,8)9)38-29(35-26)36(11-2)12-3;1-2;1-3-2/h14-17,23H,10-13,20H2,1-9H3;1-2H3;3H,2H2,1H3. The Morgan fingerprint density at radius 3 is 1.95 bits per heavy atom. The van der Waals surface area contributed by atoms with Crippen molar-refractivity contribution in [2.45, 2.75) is 107 Å². The molecule has 8 nitrogen and oxygen atoms in total. The molecule has 0 saturated heterocycles. The number of benzene rings is 1. The van der Waals surface area contributed by atoms with Gasteiger partial charge in [0.1, 0.15) is 17.8 Å². The SMILES string of the molecule is CC.CCCC(c1ccc(Cn2c(-c3nc(N(CC)CC)sc3C(C)(C)C)nc(C#N)c2C#N)cc1)C(C)(C)C.CNN. The second-order valence-electron chi connectivity index (χ2n) is 12.3. The van der Waals surface area contributed by atoms with Gasteiger partial charge in [0.25, 0.3) is 0 Å². The van der Waals surface area contributed by atoms with Crippen LogP contribution in [0.5, 0.6) is 0 Å². The highest BCUT2D eigenvalue weighted by atomic mass is 32.1. The van der Waals surface area contributed by atoms with E-state index < -0.39 is 0 Å². The maximum atomic E-state index is 10.0. The summed E-state index contributed by atoms with van der Waals surface area (Å²) in [5.41, 5.74) is 5.85. The molecule has 0 bridgehead atoms. The van der Waals surface area contributed by atoms with E-state index in [4.69, 9.17) is 4.98 Å². The van der Waals surface area contributed by atoms with Crippen molar-refractivity contribution in [3.05, 3.63) is 51.7 Å². The molecule has 2 heterocycles. The zero-order valence-electron chi connectivity index (χ0n) is 28.6. The van der Waals surface area contributed by atoms with Crippen molar-refractivity contribution >= 4 is 16.5 Å². The molecular weight excluding hydrogens is 552 g/mol. The van der Waals surface area contributed by atoms with Crippen LogP contribution in [-0.2, 0) is 12.0 Å². The van der Waals surface area contributed by atoms with Gasteiger partial charge in [-0.15, -0.1) is 11.3 Å². The number of aromatic nitrogens is 3. The first kappa shape index (κ1) is 37.8. The number of hydrazine groups is 1. The highest BCUT2D eigenvalue weighted by molar-refractivity contribution is 7.16. The summed E-state index contributed by atoms with van der Waals surface area (Å²) in [5, 5.41) is 20.8. The average Bonchev–Trinajstić information content (AvgIpc) is 3.55. The van der Waals surface area contributed by atoms with Crippen LogP contribution in [-0.4, -0.2) is 34.7 Å². The van der Waals surface area contributed by atoms with Crippen LogP contribution in [0.25, 0.3) is 11.5 Å². The Morgan fingerprint density at radius 1 is 0.977 bits per heavy atom. The van der Waals surface area contributed by atoms with Crippen LogP contribution in [0.1, 0.15) is 122 Å². The zero-order chi connectivity index (χ0) is 33.0. The van der Waals surface area contributed by atoms with Gasteiger partial charge in [0.15, 0.2) is 22.3 Å². The first-order valence-electron chi connectivity index (χ1n) is 15.4. The maximum absolute atomic E-state index is 10.0. The molecule has 0 spiro atoms. The van der Waals surface area contributed by atoms with E-state index in [1.807, 2.05) is 18.4 Å². The lowest BCUT2D eigenvalue weighted by atomic mass is 9.74. The quantitative estimate of drug-likeness (QED) is 0.187. The van der Waals surface area contributed by atoms with Gasteiger partial charge in [-0.05, 0) is 55.2 Å². The van der Waals surface area contributed by atoms with Crippen molar-refractivity contribution in [1.29, 1.82) is 10.5 Å². The van der Waals surface area contributed by atoms with Gasteiger partial charge < -0.3 is 9.47 Å². The molecule has 9 heteroatoms. The summed E-state index contributed by atoms with van der Waals surface area (Å²) < 4.78 is 1.87. The van der Waals surface area contributed by atoms with Crippen LogP contribution in [0.2, 0.25) is 0 Å². The van der Waals surface area contributed by atoms with E-state index in [2.05, 4.69) is 120 Å². The molecule has 1 atom stereocenters. The molecule has 3 aromatic rings. The summed E-state index contributed by atoms with van der Waals surface area (Å²) in [6.07, 6.45) is 2.29. The molecule has 0 aliphatic rings. The molecule has 1 aromatic carbocycles. The van der Waals surface area contributed by atoms with Crippen LogP contribution in [0.3, 0.4) is 0 Å². The van der Waals surface area contributed by atoms with Crippen LogP contribution in [0, 0.1) is 28.1 Å². The molecule has 0 aliphatic carbocycles. The molecule has 0 saturated carbocycles. The van der Waals surface area contributed by atoms with Crippen molar-refractivity contribution in [1.82, 2.24) is 20.0 Å². The number of nitrogens with one attached hydrogen (secondary N) is 1. The molecule has 43 heavy (non-hydrogen) atoms. The number of hydrogen-bond donors (Lipinski definition) is 2. The Hall–Kier alpha value is -3.24. The second-order valence-corrected chi connectivity index (χ2v) is 13.3. The zero-order valence-corrected chi connectivity index (χ0v) is 29.4. The number of rotatable bonds is 9. The first-order chi connectivity index (χ1) is 20.3. The monoisotopic (exact) mass is 606 g/mol. The third kappa shape index (κ3) is 9.63. The molecule has 0 aliphatic heterocycles. The van der Waals surface area contributed by atoms with Gasteiger partial charge in [0.05, 0.1) is 6.54 Å². The minimum atomic E-state index is -0.169. The van der Waals surface area contributed by atoms with E-state index in [0.29, 0.717) is 18.3 Å². The Kier molecular flexibility index (Phi) is 15.1.